The quantitative estimate of drug-likeness (QED) is 0.604. The summed E-state index contributed by atoms with van der Waals surface area (Å²) in [5.41, 5.74) is 2.67. The van der Waals surface area contributed by atoms with Gasteiger partial charge in [0.05, 0.1) is 6.10 Å². The van der Waals surface area contributed by atoms with Crippen LogP contribution < -0.4 is 10.6 Å². The van der Waals surface area contributed by atoms with Gasteiger partial charge in [-0.1, -0.05) is 24.3 Å². The fourth-order valence-corrected chi connectivity index (χ4v) is 1.52. The van der Waals surface area contributed by atoms with Gasteiger partial charge in [0, 0.05) is 26.2 Å². The molecule has 90 valence electrons. The van der Waals surface area contributed by atoms with Crippen LogP contribution in [0.1, 0.15) is 18.1 Å². The summed E-state index contributed by atoms with van der Waals surface area (Å²) in [4.78, 5) is 0. The lowest BCUT2D eigenvalue weighted by molar-refractivity contribution is 0.191. The van der Waals surface area contributed by atoms with Crippen molar-refractivity contribution >= 4 is 0 Å². The second-order valence-corrected chi connectivity index (χ2v) is 4.16. The molecule has 0 amide bonds. The zero-order valence-corrected chi connectivity index (χ0v) is 10.2. The Hall–Kier alpha value is -0.900. The third-order valence-corrected chi connectivity index (χ3v) is 2.50. The molecule has 1 unspecified atom stereocenters. The van der Waals surface area contributed by atoms with Crippen LogP contribution in [0, 0.1) is 6.92 Å². The van der Waals surface area contributed by atoms with Gasteiger partial charge in [0.25, 0.3) is 0 Å². The van der Waals surface area contributed by atoms with Crippen molar-refractivity contribution in [3.63, 3.8) is 0 Å². The van der Waals surface area contributed by atoms with Gasteiger partial charge in [-0.2, -0.15) is 0 Å². The van der Waals surface area contributed by atoms with Crippen LogP contribution >= 0.6 is 0 Å². The molecule has 0 saturated carbocycles. The standard InChI is InChI=1S/C13H22N2O/c1-11-5-3-4-6-13(11)10-15-8-7-14-9-12(2)16/h3-6,12,14-16H,7-10H2,1-2H3. The van der Waals surface area contributed by atoms with E-state index in [1.54, 1.807) is 6.92 Å². The summed E-state index contributed by atoms with van der Waals surface area (Å²) < 4.78 is 0. The van der Waals surface area contributed by atoms with Gasteiger partial charge in [0.2, 0.25) is 0 Å². The molecule has 16 heavy (non-hydrogen) atoms. The third-order valence-electron chi connectivity index (χ3n) is 2.50. The van der Waals surface area contributed by atoms with Crippen molar-refractivity contribution in [3.05, 3.63) is 35.4 Å². The summed E-state index contributed by atoms with van der Waals surface area (Å²) in [7, 11) is 0. The first-order valence-electron chi connectivity index (χ1n) is 5.84. The minimum Gasteiger partial charge on any atom is -0.392 e. The number of hydrogen-bond donors (Lipinski definition) is 3. The Balaban J connectivity index is 2.10. The highest BCUT2D eigenvalue weighted by atomic mass is 16.3. The van der Waals surface area contributed by atoms with E-state index in [-0.39, 0.29) is 6.10 Å². The normalized spacial score (nSPS) is 12.7. The Morgan fingerprint density at radius 3 is 2.56 bits per heavy atom. The Morgan fingerprint density at radius 2 is 1.88 bits per heavy atom. The van der Waals surface area contributed by atoms with Gasteiger partial charge in [-0.25, -0.2) is 0 Å². The number of aryl methyl sites for hydroxylation is 1. The SMILES string of the molecule is Cc1ccccc1CNCCNCC(C)O. The van der Waals surface area contributed by atoms with Crippen molar-refractivity contribution in [1.82, 2.24) is 10.6 Å². The van der Waals surface area contributed by atoms with Gasteiger partial charge in [0.15, 0.2) is 0 Å². The van der Waals surface area contributed by atoms with Gasteiger partial charge in [-0.15, -0.1) is 0 Å². The van der Waals surface area contributed by atoms with E-state index in [9.17, 15) is 0 Å². The number of benzene rings is 1. The van der Waals surface area contributed by atoms with E-state index in [4.69, 9.17) is 5.11 Å². The highest BCUT2D eigenvalue weighted by Crippen LogP contribution is 2.05. The molecule has 0 fully saturated rings. The lowest BCUT2D eigenvalue weighted by Gasteiger charge is -2.09. The maximum Gasteiger partial charge on any atom is 0.0636 e. The molecule has 1 aromatic rings. The summed E-state index contributed by atoms with van der Waals surface area (Å²) in [5.74, 6) is 0. The molecule has 1 atom stereocenters. The molecule has 0 aliphatic carbocycles. The molecule has 0 bridgehead atoms. The fourth-order valence-electron chi connectivity index (χ4n) is 1.52. The molecule has 3 nitrogen and oxygen atoms in total. The average molecular weight is 222 g/mol. The Kier molecular flexibility index (Phi) is 6.08. The van der Waals surface area contributed by atoms with Crippen molar-refractivity contribution < 1.29 is 5.11 Å². The van der Waals surface area contributed by atoms with E-state index < -0.39 is 0 Å². The maximum atomic E-state index is 9.04. The Labute approximate surface area is 97.9 Å². The van der Waals surface area contributed by atoms with Gasteiger partial charge >= 0.3 is 0 Å². The predicted molar refractivity (Wildman–Crippen MR) is 67.4 cm³/mol. The fraction of sp³-hybridized carbons (Fsp3) is 0.538. The van der Waals surface area contributed by atoms with Gasteiger partial charge in [0.1, 0.15) is 0 Å². The molecule has 0 aliphatic rings. The summed E-state index contributed by atoms with van der Waals surface area (Å²) in [5, 5.41) is 15.6. The minimum atomic E-state index is -0.267. The zero-order valence-electron chi connectivity index (χ0n) is 10.2. The maximum absolute atomic E-state index is 9.04. The Morgan fingerprint density at radius 1 is 1.19 bits per heavy atom. The molecule has 0 heterocycles. The van der Waals surface area contributed by atoms with E-state index >= 15 is 0 Å². The lowest BCUT2D eigenvalue weighted by atomic mass is 10.1. The number of aliphatic hydroxyl groups is 1. The van der Waals surface area contributed by atoms with Crippen LogP contribution in [0.2, 0.25) is 0 Å². The Bertz CT molecular complexity index is 300. The third kappa shape index (κ3) is 5.26. The van der Waals surface area contributed by atoms with Crippen molar-refractivity contribution in [2.24, 2.45) is 0 Å². The highest BCUT2D eigenvalue weighted by Gasteiger charge is 1.96. The van der Waals surface area contributed by atoms with Crippen molar-refractivity contribution in [2.45, 2.75) is 26.5 Å². The number of hydrogen-bond acceptors (Lipinski definition) is 3. The van der Waals surface area contributed by atoms with Crippen molar-refractivity contribution in [1.29, 1.82) is 0 Å². The highest BCUT2D eigenvalue weighted by molar-refractivity contribution is 5.25. The summed E-state index contributed by atoms with van der Waals surface area (Å²) in [6.45, 7) is 7.28. The van der Waals surface area contributed by atoms with E-state index in [1.165, 1.54) is 11.1 Å². The largest absolute Gasteiger partial charge is 0.392 e. The van der Waals surface area contributed by atoms with E-state index in [0.717, 1.165) is 19.6 Å². The van der Waals surface area contributed by atoms with Crippen LogP contribution in [0.25, 0.3) is 0 Å². The first-order valence-corrected chi connectivity index (χ1v) is 5.84. The molecule has 0 spiro atoms. The monoisotopic (exact) mass is 222 g/mol. The molecule has 0 saturated heterocycles. The molecule has 3 N–H and O–H groups in total. The number of aliphatic hydroxyl groups excluding tert-OH is 1. The molecule has 0 radical (unpaired) electrons. The van der Waals surface area contributed by atoms with Gasteiger partial charge in [-0.3, -0.25) is 0 Å². The molecular weight excluding hydrogens is 200 g/mol. The summed E-state index contributed by atoms with van der Waals surface area (Å²) in [6, 6.07) is 8.40. The lowest BCUT2D eigenvalue weighted by Crippen LogP contribution is -2.31. The first-order chi connectivity index (χ1) is 7.70. The van der Waals surface area contributed by atoms with Crippen molar-refractivity contribution in [3.8, 4) is 0 Å². The van der Waals surface area contributed by atoms with E-state index in [0.29, 0.717) is 6.54 Å². The van der Waals surface area contributed by atoms with Crippen LogP contribution in [0.15, 0.2) is 24.3 Å². The van der Waals surface area contributed by atoms with Crippen LogP contribution in [0.5, 0.6) is 0 Å². The second kappa shape index (κ2) is 7.39. The average Bonchev–Trinajstić information content (AvgIpc) is 2.25. The zero-order chi connectivity index (χ0) is 11.8. The van der Waals surface area contributed by atoms with Crippen LogP contribution in [-0.4, -0.2) is 30.8 Å². The van der Waals surface area contributed by atoms with Crippen molar-refractivity contribution in [2.75, 3.05) is 19.6 Å². The second-order valence-electron chi connectivity index (χ2n) is 4.16. The van der Waals surface area contributed by atoms with Crippen LogP contribution in [-0.2, 0) is 6.54 Å². The molecule has 0 aliphatic heterocycles. The van der Waals surface area contributed by atoms with Crippen LogP contribution in [0.4, 0.5) is 0 Å². The van der Waals surface area contributed by atoms with Gasteiger partial charge in [-0.05, 0) is 25.0 Å². The van der Waals surface area contributed by atoms with Gasteiger partial charge < -0.3 is 15.7 Å². The molecular formula is C13H22N2O. The first kappa shape index (κ1) is 13.2. The number of rotatable bonds is 7. The summed E-state index contributed by atoms with van der Waals surface area (Å²) in [6.07, 6.45) is -0.267. The van der Waals surface area contributed by atoms with Crippen LogP contribution in [0.3, 0.4) is 0 Å². The molecule has 1 rings (SSSR count). The van der Waals surface area contributed by atoms with E-state index in [1.807, 2.05) is 0 Å². The molecule has 1 aromatic carbocycles. The summed E-state index contributed by atoms with van der Waals surface area (Å²) >= 11 is 0. The molecule has 0 aromatic heterocycles. The molecule has 3 heteroatoms. The minimum absolute atomic E-state index is 0.267. The predicted octanol–water partition coefficient (Wildman–Crippen LogP) is 1.06. The van der Waals surface area contributed by atoms with E-state index in [2.05, 4.69) is 41.8 Å². The topological polar surface area (TPSA) is 44.3 Å². The number of nitrogens with one attached hydrogen (secondary N) is 2. The smallest absolute Gasteiger partial charge is 0.0636 e.